The molecule has 0 radical (unpaired) electrons. The summed E-state index contributed by atoms with van der Waals surface area (Å²) in [4.78, 5) is 26.5. The number of carbonyl (C=O) groups is 2. The zero-order valence-electron chi connectivity index (χ0n) is 9.14. The van der Waals surface area contributed by atoms with Gasteiger partial charge in [0.1, 0.15) is 5.82 Å². The van der Waals surface area contributed by atoms with E-state index < -0.39 is 11.9 Å². The SMILES string of the molecule is Cc1ncc[nH]1.O=C(O)CCCCC(=O)O. The molecule has 1 rings (SSSR count). The fourth-order valence-corrected chi connectivity index (χ4v) is 0.897. The van der Waals surface area contributed by atoms with Crippen LogP contribution in [0.4, 0.5) is 0 Å². The number of aromatic nitrogens is 2. The number of hydrogen-bond acceptors (Lipinski definition) is 3. The van der Waals surface area contributed by atoms with Crippen LogP contribution in [0.2, 0.25) is 0 Å². The molecule has 0 saturated carbocycles. The van der Waals surface area contributed by atoms with Gasteiger partial charge in [0.15, 0.2) is 0 Å². The van der Waals surface area contributed by atoms with Crippen molar-refractivity contribution in [2.75, 3.05) is 0 Å². The van der Waals surface area contributed by atoms with E-state index in [2.05, 4.69) is 9.97 Å². The fraction of sp³-hybridized carbons (Fsp3) is 0.500. The number of rotatable bonds is 5. The van der Waals surface area contributed by atoms with Gasteiger partial charge in [-0.05, 0) is 19.8 Å². The van der Waals surface area contributed by atoms with Gasteiger partial charge in [-0.25, -0.2) is 4.98 Å². The summed E-state index contributed by atoms with van der Waals surface area (Å²) in [6, 6.07) is 0. The average molecular weight is 228 g/mol. The first-order chi connectivity index (χ1) is 7.52. The van der Waals surface area contributed by atoms with Crippen LogP contribution >= 0.6 is 0 Å². The Labute approximate surface area is 93.3 Å². The van der Waals surface area contributed by atoms with Gasteiger partial charge in [0.05, 0.1) is 0 Å². The fourth-order valence-electron chi connectivity index (χ4n) is 0.897. The van der Waals surface area contributed by atoms with Crippen LogP contribution < -0.4 is 0 Å². The van der Waals surface area contributed by atoms with E-state index >= 15 is 0 Å². The van der Waals surface area contributed by atoms with E-state index in [0.717, 1.165) is 5.82 Å². The first-order valence-corrected chi connectivity index (χ1v) is 4.92. The highest BCUT2D eigenvalue weighted by atomic mass is 16.4. The molecule has 0 bridgehead atoms. The van der Waals surface area contributed by atoms with Crippen LogP contribution in [-0.2, 0) is 9.59 Å². The second-order valence-corrected chi connectivity index (χ2v) is 3.17. The number of nitrogens with one attached hydrogen (secondary N) is 1. The van der Waals surface area contributed by atoms with Gasteiger partial charge in [-0.1, -0.05) is 0 Å². The molecule has 0 saturated heterocycles. The van der Waals surface area contributed by atoms with Crippen molar-refractivity contribution in [2.45, 2.75) is 32.6 Å². The number of imidazole rings is 1. The largest absolute Gasteiger partial charge is 0.481 e. The summed E-state index contributed by atoms with van der Waals surface area (Å²) in [7, 11) is 0. The van der Waals surface area contributed by atoms with Crippen LogP contribution in [0.15, 0.2) is 12.4 Å². The van der Waals surface area contributed by atoms with Crippen molar-refractivity contribution in [3.63, 3.8) is 0 Å². The first-order valence-electron chi connectivity index (χ1n) is 4.92. The van der Waals surface area contributed by atoms with Gasteiger partial charge in [0.25, 0.3) is 0 Å². The van der Waals surface area contributed by atoms with Crippen LogP contribution in [0.3, 0.4) is 0 Å². The molecule has 0 amide bonds. The Morgan fingerprint density at radius 3 is 1.94 bits per heavy atom. The molecule has 6 nitrogen and oxygen atoms in total. The zero-order valence-corrected chi connectivity index (χ0v) is 9.14. The Morgan fingerprint density at radius 2 is 1.75 bits per heavy atom. The topological polar surface area (TPSA) is 103 Å². The van der Waals surface area contributed by atoms with E-state index in [1.165, 1.54) is 0 Å². The standard InChI is InChI=1S/C6H10O4.C4H6N2/c7-5(8)3-1-2-4-6(9)10;1-4-5-2-3-6-4/h1-4H2,(H,7,8)(H,9,10);2-3H,1H3,(H,5,6). The monoisotopic (exact) mass is 228 g/mol. The van der Waals surface area contributed by atoms with Gasteiger partial charge in [-0.2, -0.15) is 0 Å². The minimum atomic E-state index is -0.870. The molecule has 0 aliphatic rings. The highest BCUT2D eigenvalue weighted by molar-refractivity contribution is 5.67. The number of unbranched alkanes of at least 4 members (excludes halogenated alkanes) is 1. The third-order valence-corrected chi connectivity index (χ3v) is 1.67. The third kappa shape index (κ3) is 10.2. The molecule has 1 heterocycles. The van der Waals surface area contributed by atoms with Gasteiger partial charge in [0, 0.05) is 25.2 Å². The molecule has 1 aromatic heterocycles. The molecule has 6 heteroatoms. The Balaban J connectivity index is 0.000000315. The van der Waals surface area contributed by atoms with Crippen molar-refractivity contribution in [1.29, 1.82) is 0 Å². The minimum absolute atomic E-state index is 0.0628. The summed E-state index contributed by atoms with van der Waals surface area (Å²) in [5.74, 6) is -0.772. The number of H-pyrrole nitrogens is 1. The van der Waals surface area contributed by atoms with E-state index in [1.807, 2.05) is 6.92 Å². The number of hydrogen-bond donors (Lipinski definition) is 3. The maximum atomic E-state index is 9.90. The van der Waals surface area contributed by atoms with Crippen LogP contribution in [0.25, 0.3) is 0 Å². The Bertz CT molecular complexity index is 293. The summed E-state index contributed by atoms with van der Waals surface area (Å²) in [5.41, 5.74) is 0. The number of aromatic amines is 1. The summed E-state index contributed by atoms with van der Waals surface area (Å²) >= 11 is 0. The molecule has 1 aromatic rings. The van der Waals surface area contributed by atoms with E-state index in [4.69, 9.17) is 10.2 Å². The predicted molar refractivity (Wildman–Crippen MR) is 57.1 cm³/mol. The second kappa shape index (κ2) is 8.46. The lowest BCUT2D eigenvalue weighted by molar-refractivity contribution is -0.139. The van der Waals surface area contributed by atoms with Gasteiger partial charge >= 0.3 is 11.9 Å². The second-order valence-electron chi connectivity index (χ2n) is 3.17. The smallest absolute Gasteiger partial charge is 0.303 e. The zero-order chi connectivity index (χ0) is 12.4. The van der Waals surface area contributed by atoms with Gasteiger partial charge < -0.3 is 15.2 Å². The quantitative estimate of drug-likeness (QED) is 0.661. The van der Waals surface area contributed by atoms with Crippen molar-refractivity contribution in [2.24, 2.45) is 0 Å². The highest BCUT2D eigenvalue weighted by Gasteiger charge is 1.99. The Morgan fingerprint density at radius 1 is 1.25 bits per heavy atom. The average Bonchev–Trinajstić information content (AvgIpc) is 2.64. The van der Waals surface area contributed by atoms with Crippen molar-refractivity contribution < 1.29 is 19.8 Å². The Hall–Kier alpha value is -1.85. The molecule has 90 valence electrons. The maximum absolute atomic E-state index is 9.90. The van der Waals surface area contributed by atoms with Crippen molar-refractivity contribution in [1.82, 2.24) is 9.97 Å². The third-order valence-electron chi connectivity index (χ3n) is 1.67. The molecule has 0 atom stereocenters. The van der Waals surface area contributed by atoms with Crippen molar-refractivity contribution in [3.8, 4) is 0 Å². The summed E-state index contributed by atoms with van der Waals surface area (Å²) in [6.07, 6.45) is 4.55. The number of aliphatic carboxylic acids is 2. The van der Waals surface area contributed by atoms with E-state index in [0.29, 0.717) is 12.8 Å². The van der Waals surface area contributed by atoms with E-state index in [1.54, 1.807) is 12.4 Å². The summed E-state index contributed by atoms with van der Waals surface area (Å²) < 4.78 is 0. The van der Waals surface area contributed by atoms with Gasteiger partial charge in [0.2, 0.25) is 0 Å². The lowest BCUT2D eigenvalue weighted by Crippen LogP contribution is -1.97. The maximum Gasteiger partial charge on any atom is 0.303 e. The van der Waals surface area contributed by atoms with Crippen LogP contribution in [-0.4, -0.2) is 32.1 Å². The van der Waals surface area contributed by atoms with Crippen LogP contribution in [0, 0.1) is 6.92 Å². The minimum Gasteiger partial charge on any atom is -0.481 e. The first kappa shape index (κ1) is 14.2. The molecular weight excluding hydrogens is 212 g/mol. The molecule has 0 aromatic carbocycles. The number of nitrogens with zero attached hydrogens (tertiary/aromatic N) is 1. The number of carboxylic acid groups (broad SMARTS) is 2. The molecule has 0 aliphatic heterocycles. The molecule has 0 unspecified atom stereocenters. The number of aryl methyl sites for hydroxylation is 1. The normalized spacial score (nSPS) is 9.06. The van der Waals surface area contributed by atoms with Crippen molar-refractivity contribution >= 4 is 11.9 Å². The highest BCUT2D eigenvalue weighted by Crippen LogP contribution is 1.98. The lowest BCUT2D eigenvalue weighted by atomic mass is 10.2. The van der Waals surface area contributed by atoms with Crippen LogP contribution in [0.1, 0.15) is 31.5 Å². The molecule has 3 N–H and O–H groups in total. The Kier molecular flexibility index (Phi) is 7.48. The van der Waals surface area contributed by atoms with Gasteiger partial charge in [-0.15, -0.1) is 0 Å². The van der Waals surface area contributed by atoms with E-state index in [9.17, 15) is 9.59 Å². The molecule has 0 fully saturated rings. The molecule has 16 heavy (non-hydrogen) atoms. The van der Waals surface area contributed by atoms with E-state index in [-0.39, 0.29) is 12.8 Å². The van der Waals surface area contributed by atoms with Crippen LogP contribution in [0.5, 0.6) is 0 Å². The van der Waals surface area contributed by atoms with Crippen molar-refractivity contribution in [3.05, 3.63) is 18.2 Å². The predicted octanol–water partition coefficient (Wildman–Crippen LogP) is 1.43. The summed E-state index contributed by atoms with van der Waals surface area (Å²) in [6.45, 7) is 1.92. The number of carboxylic acids is 2. The molecular formula is C10H16N2O4. The lowest BCUT2D eigenvalue weighted by Gasteiger charge is -1.92. The molecule has 0 spiro atoms. The molecule has 0 aliphatic carbocycles. The summed E-state index contributed by atoms with van der Waals surface area (Å²) in [5, 5.41) is 16.3. The van der Waals surface area contributed by atoms with Gasteiger partial charge in [-0.3, -0.25) is 9.59 Å².